The molecule has 21 heavy (non-hydrogen) atoms. The second-order valence-corrected chi connectivity index (χ2v) is 5.46. The van der Waals surface area contributed by atoms with Gasteiger partial charge in [-0.15, -0.1) is 0 Å². The molecule has 3 rings (SSSR count). The molecule has 1 aromatic heterocycles. The Morgan fingerprint density at radius 1 is 1.43 bits per heavy atom. The molecule has 1 aliphatic rings. The van der Waals surface area contributed by atoms with Gasteiger partial charge in [0.25, 0.3) is 0 Å². The van der Waals surface area contributed by atoms with Crippen molar-refractivity contribution in [3.8, 4) is 0 Å². The molecule has 0 bridgehead atoms. The minimum Gasteiger partial charge on any atom is -0.335 e. The van der Waals surface area contributed by atoms with Gasteiger partial charge in [0.05, 0.1) is 18.7 Å². The first-order valence-corrected chi connectivity index (χ1v) is 7.16. The molecule has 2 heterocycles. The van der Waals surface area contributed by atoms with Crippen LogP contribution in [0.15, 0.2) is 36.7 Å². The standard InChI is InChI=1S/C16H18FN3O/c1-19-11-13(10-18-19)15-7-4-8-20(15)16(21)9-12-5-2-3-6-14(12)17/h2-3,5-6,10-11,15H,4,7-9H2,1H3/t15-/m1/s1. The monoisotopic (exact) mass is 287 g/mol. The van der Waals surface area contributed by atoms with Crippen LogP contribution < -0.4 is 0 Å². The van der Waals surface area contributed by atoms with Gasteiger partial charge in [-0.3, -0.25) is 9.48 Å². The highest BCUT2D eigenvalue weighted by molar-refractivity contribution is 5.79. The summed E-state index contributed by atoms with van der Waals surface area (Å²) in [6, 6.07) is 6.53. The summed E-state index contributed by atoms with van der Waals surface area (Å²) < 4.78 is 15.4. The SMILES string of the molecule is Cn1cc([C@H]2CCCN2C(=O)Cc2ccccc2F)cn1. The van der Waals surface area contributed by atoms with Gasteiger partial charge in [-0.25, -0.2) is 4.39 Å². The lowest BCUT2D eigenvalue weighted by atomic mass is 10.1. The van der Waals surface area contributed by atoms with Gasteiger partial charge in [-0.2, -0.15) is 5.10 Å². The van der Waals surface area contributed by atoms with E-state index in [1.54, 1.807) is 29.1 Å². The largest absolute Gasteiger partial charge is 0.335 e. The average Bonchev–Trinajstić information content (AvgIpc) is 3.09. The molecule has 0 unspecified atom stereocenters. The molecule has 1 amide bonds. The van der Waals surface area contributed by atoms with Gasteiger partial charge in [0.1, 0.15) is 5.82 Å². The molecule has 1 aromatic carbocycles. The predicted octanol–water partition coefficient (Wildman–Crippen LogP) is 2.47. The molecule has 0 radical (unpaired) electrons. The van der Waals surface area contributed by atoms with Crippen LogP contribution in [0.5, 0.6) is 0 Å². The smallest absolute Gasteiger partial charge is 0.227 e. The number of rotatable bonds is 3. The van der Waals surface area contributed by atoms with E-state index < -0.39 is 0 Å². The van der Waals surface area contributed by atoms with Crippen LogP contribution in [0.25, 0.3) is 0 Å². The van der Waals surface area contributed by atoms with Crippen molar-refractivity contribution in [3.63, 3.8) is 0 Å². The third-order valence-corrected chi connectivity index (χ3v) is 3.98. The summed E-state index contributed by atoms with van der Waals surface area (Å²) in [4.78, 5) is 14.3. The number of benzene rings is 1. The number of aromatic nitrogens is 2. The lowest BCUT2D eigenvalue weighted by Crippen LogP contribution is -2.31. The molecular weight excluding hydrogens is 269 g/mol. The van der Waals surface area contributed by atoms with Gasteiger partial charge in [-0.1, -0.05) is 18.2 Å². The molecule has 1 atom stereocenters. The first-order valence-electron chi connectivity index (χ1n) is 7.16. The first-order chi connectivity index (χ1) is 10.1. The van der Waals surface area contributed by atoms with E-state index in [1.165, 1.54) is 6.07 Å². The number of hydrogen-bond donors (Lipinski definition) is 0. The number of carbonyl (C=O) groups excluding carboxylic acids is 1. The number of hydrogen-bond acceptors (Lipinski definition) is 2. The maximum atomic E-state index is 13.7. The van der Waals surface area contributed by atoms with Crippen LogP contribution in [-0.2, 0) is 18.3 Å². The Morgan fingerprint density at radius 3 is 2.95 bits per heavy atom. The molecule has 2 aromatic rings. The van der Waals surface area contributed by atoms with E-state index in [-0.39, 0.29) is 24.2 Å². The highest BCUT2D eigenvalue weighted by Crippen LogP contribution is 2.32. The fourth-order valence-electron chi connectivity index (χ4n) is 2.93. The zero-order chi connectivity index (χ0) is 14.8. The van der Waals surface area contributed by atoms with Crippen molar-refractivity contribution in [1.29, 1.82) is 0 Å². The molecular formula is C16H18FN3O. The molecule has 5 heteroatoms. The van der Waals surface area contributed by atoms with E-state index in [1.807, 2.05) is 18.1 Å². The van der Waals surface area contributed by atoms with E-state index in [9.17, 15) is 9.18 Å². The third-order valence-electron chi connectivity index (χ3n) is 3.98. The fourth-order valence-corrected chi connectivity index (χ4v) is 2.93. The Labute approximate surface area is 123 Å². The molecule has 1 fully saturated rings. The quantitative estimate of drug-likeness (QED) is 0.869. The second kappa shape index (κ2) is 5.68. The summed E-state index contributed by atoms with van der Waals surface area (Å²) in [5, 5.41) is 4.17. The Hall–Kier alpha value is -2.17. The van der Waals surface area contributed by atoms with Gasteiger partial charge >= 0.3 is 0 Å². The summed E-state index contributed by atoms with van der Waals surface area (Å²) >= 11 is 0. The van der Waals surface area contributed by atoms with Crippen molar-refractivity contribution in [2.45, 2.75) is 25.3 Å². The lowest BCUT2D eigenvalue weighted by Gasteiger charge is -2.24. The van der Waals surface area contributed by atoms with E-state index >= 15 is 0 Å². The van der Waals surface area contributed by atoms with Gasteiger partial charge < -0.3 is 4.90 Å². The summed E-state index contributed by atoms with van der Waals surface area (Å²) in [5.74, 6) is -0.338. The van der Waals surface area contributed by atoms with Crippen LogP contribution >= 0.6 is 0 Å². The topological polar surface area (TPSA) is 38.1 Å². The molecule has 1 aliphatic heterocycles. The van der Waals surface area contributed by atoms with Crippen molar-refractivity contribution >= 4 is 5.91 Å². The maximum Gasteiger partial charge on any atom is 0.227 e. The Morgan fingerprint density at radius 2 is 2.24 bits per heavy atom. The van der Waals surface area contributed by atoms with Crippen molar-refractivity contribution < 1.29 is 9.18 Å². The second-order valence-electron chi connectivity index (χ2n) is 5.46. The molecule has 0 aliphatic carbocycles. The first kappa shape index (κ1) is 13.8. The molecule has 4 nitrogen and oxygen atoms in total. The summed E-state index contributed by atoms with van der Waals surface area (Å²) in [5.41, 5.74) is 1.51. The van der Waals surface area contributed by atoms with Crippen molar-refractivity contribution in [2.24, 2.45) is 7.05 Å². The van der Waals surface area contributed by atoms with E-state index in [2.05, 4.69) is 5.10 Å². The molecule has 0 N–H and O–H groups in total. The third kappa shape index (κ3) is 2.82. The van der Waals surface area contributed by atoms with Gasteiger partial charge in [-0.05, 0) is 24.5 Å². The summed E-state index contributed by atoms with van der Waals surface area (Å²) in [6.45, 7) is 0.729. The van der Waals surface area contributed by atoms with Crippen LogP contribution in [0.4, 0.5) is 4.39 Å². The molecule has 1 saturated heterocycles. The van der Waals surface area contributed by atoms with Crippen molar-refractivity contribution in [1.82, 2.24) is 14.7 Å². The fraction of sp³-hybridized carbons (Fsp3) is 0.375. The number of halogens is 1. The minimum atomic E-state index is -0.317. The molecule has 0 saturated carbocycles. The zero-order valence-electron chi connectivity index (χ0n) is 12.0. The summed E-state index contributed by atoms with van der Waals surface area (Å²) in [6.07, 6.45) is 5.78. The van der Waals surface area contributed by atoms with Gasteiger partial charge in [0.15, 0.2) is 0 Å². The van der Waals surface area contributed by atoms with Crippen LogP contribution in [0.3, 0.4) is 0 Å². The average molecular weight is 287 g/mol. The Bertz CT molecular complexity index is 652. The van der Waals surface area contributed by atoms with E-state index in [0.29, 0.717) is 5.56 Å². The van der Waals surface area contributed by atoms with Crippen molar-refractivity contribution in [2.75, 3.05) is 6.54 Å². The van der Waals surface area contributed by atoms with E-state index in [0.717, 1.165) is 24.9 Å². The lowest BCUT2D eigenvalue weighted by molar-refractivity contribution is -0.131. The van der Waals surface area contributed by atoms with Gasteiger partial charge in [0, 0.05) is 25.4 Å². The van der Waals surface area contributed by atoms with Crippen LogP contribution in [0.1, 0.15) is 30.0 Å². The normalized spacial score (nSPS) is 18.2. The highest BCUT2D eigenvalue weighted by atomic mass is 19.1. The van der Waals surface area contributed by atoms with Crippen LogP contribution in [0.2, 0.25) is 0 Å². The van der Waals surface area contributed by atoms with Crippen molar-refractivity contribution in [3.05, 3.63) is 53.6 Å². The molecule has 110 valence electrons. The number of likely N-dealkylation sites (tertiary alicyclic amines) is 1. The van der Waals surface area contributed by atoms with Crippen LogP contribution in [0, 0.1) is 5.82 Å². The predicted molar refractivity (Wildman–Crippen MR) is 77.0 cm³/mol. The van der Waals surface area contributed by atoms with E-state index in [4.69, 9.17) is 0 Å². The number of nitrogens with zero attached hydrogens (tertiary/aromatic N) is 3. The van der Waals surface area contributed by atoms with Gasteiger partial charge in [0.2, 0.25) is 5.91 Å². The number of aryl methyl sites for hydroxylation is 1. The minimum absolute atomic E-state index is 0.0218. The summed E-state index contributed by atoms with van der Waals surface area (Å²) in [7, 11) is 1.87. The highest BCUT2D eigenvalue weighted by Gasteiger charge is 2.30. The zero-order valence-corrected chi connectivity index (χ0v) is 12.0. The number of carbonyl (C=O) groups is 1. The molecule has 0 spiro atoms. The van der Waals surface area contributed by atoms with Crippen LogP contribution in [-0.4, -0.2) is 27.1 Å². The Kier molecular flexibility index (Phi) is 3.73. The number of amides is 1. The maximum absolute atomic E-state index is 13.7. The Balaban J connectivity index is 1.76.